The summed E-state index contributed by atoms with van der Waals surface area (Å²) in [5.41, 5.74) is 3.39. The predicted molar refractivity (Wildman–Crippen MR) is 96.6 cm³/mol. The van der Waals surface area contributed by atoms with Gasteiger partial charge in [0.05, 0.1) is 0 Å². The highest BCUT2D eigenvalue weighted by Crippen LogP contribution is 2.36. The minimum atomic E-state index is -0.283. The van der Waals surface area contributed by atoms with Crippen LogP contribution in [0.5, 0.6) is 0 Å². The van der Waals surface area contributed by atoms with Crippen molar-refractivity contribution in [1.82, 2.24) is 0 Å². The second kappa shape index (κ2) is 6.32. The first-order chi connectivity index (χ1) is 11.8. The molecule has 0 spiro atoms. The minimum Gasteiger partial charge on any atom is -0.453 e. The van der Waals surface area contributed by atoms with E-state index in [2.05, 4.69) is 24.3 Å². The molecule has 0 amide bonds. The standard InChI is InChI=1S/C22H18O2/c23-21(15-10-16-6-2-1-3-7-16)24-20-14-13-18-12-11-17-8-4-5-9-19(17)22(18)20/h1-9,11-14,20H,10,15H2. The molecular formula is C22H18O2. The zero-order valence-corrected chi connectivity index (χ0v) is 13.3. The predicted octanol–water partition coefficient (Wildman–Crippen LogP) is 5.08. The van der Waals surface area contributed by atoms with E-state index < -0.39 is 0 Å². The van der Waals surface area contributed by atoms with Crippen LogP contribution in [0.15, 0.2) is 72.8 Å². The lowest BCUT2D eigenvalue weighted by Gasteiger charge is -2.15. The number of carbonyl (C=O) groups excluding carboxylic acids is 1. The summed E-state index contributed by atoms with van der Waals surface area (Å²) in [4.78, 5) is 12.3. The molecular weight excluding hydrogens is 296 g/mol. The smallest absolute Gasteiger partial charge is 0.307 e. The van der Waals surface area contributed by atoms with Crippen LogP contribution in [0.25, 0.3) is 16.8 Å². The van der Waals surface area contributed by atoms with Crippen molar-refractivity contribution in [2.45, 2.75) is 18.9 Å². The third-order valence-electron chi connectivity index (χ3n) is 4.46. The van der Waals surface area contributed by atoms with Gasteiger partial charge in [-0.1, -0.05) is 72.8 Å². The lowest BCUT2D eigenvalue weighted by Crippen LogP contribution is -2.10. The largest absolute Gasteiger partial charge is 0.453 e. The summed E-state index contributed by atoms with van der Waals surface area (Å²) < 4.78 is 5.74. The molecule has 1 aliphatic rings. The number of ether oxygens (including phenoxy) is 1. The van der Waals surface area contributed by atoms with E-state index in [4.69, 9.17) is 4.74 Å². The summed E-state index contributed by atoms with van der Waals surface area (Å²) in [7, 11) is 0. The molecule has 0 N–H and O–H groups in total. The van der Waals surface area contributed by atoms with Crippen LogP contribution in [0.4, 0.5) is 0 Å². The summed E-state index contributed by atoms with van der Waals surface area (Å²) in [5, 5.41) is 2.33. The van der Waals surface area contributed by atoms with Crippen molar-refractivity contribution in [2.75, 3.05) is 0 Å². The van der Waals surface area contributed by atoms with Crippen LogP contribution in [-0.2, 0) is 16.0 Å². The minimum absolute atomic E-state index is 0.158. The van der Waals surface area contributed by atoms with E-state index in [0.717, 1.165) is 22.1 Å². The summed E-state index contributed by atoms with van der Waals surface area (Å²) >= 11 is 0. The normalized spacial score (nSPS) is 15.4. The van der Waals surface area contributed by atoms with Crippen LogP contribution in [0.3, 0.4) is 0 Å². The number of hydrogen-bond donors (Lipinski definition) is 0. The van der Waals surface area contributed by atoms with Gasteiger partial charge < -0.3 is 4.74 Å². The van der Waals surface area contributed by atoms with Crippen LogP contribution in [0.1, 0.15) is 29.2 Å². The Morgan fingerprint density at radius 3 is 2.58 bits per heavy atom. The van der Waals surface area contributed by atoms with Gasteiger partial charge >= 0.3 is 5.97 Å². The van der Waals surface area contributed by atoms with Gasteiger partial charge in [0.2, 0.25) is 0 Å². The van der Waals surface area contributed by atoms with Crippen molar-refractivity contribution in [1.29, 1.82) is 0 Å². The maximum Gasteiger partial charge on any atom is 0.307 e. The second-order valence-electron chi connectivity index (χ2n) is 6.04. The topological polar surface area (TPSA) is 26.3 Å². The van der Waals surface area contributed by atoms with Gasteiger partial charge in [0.25, 0.3) is 0 Å². The number of fused-ring (bicyclic) bond motifs is 3. The highest BCUT2D eigenvalue weighted by atomic mass is 16.5. The van der Waals surface area contributed by atoms with Crippen LogP contribution in [0.2, 0.25) is 0 Å². The Morgan fingerprint density at radius 2 is 1.71 bits per heavy atom. The maximum atomic E-state index is 12.3. The molecule has 3 aromatic rings. The molecule has 0 heterocycles. The fraction of sp³-hybridized carbons (Fsp3) is 0.136. The molecule has 1 aliphatic carbocycles. The van der Waals surface area contributed by atoms with Gasteiger partial charge in [-0.3, -0.25) is 4.79 Å². The van der Waals surface area contributed by atoms with Crippen molar-refractivity contribution in [2.24, 2.45) is 0 Å². The third-order valence-corrected chi connectivity index (χ3v) is 4.46. The number of benzene rings is 3. The highest BCUT2D eigenvalue weighted by molar-refractivity contribution is 5.91. The number of rotatable bonds is 4. The molecule has 0 radical (unpaired) electrons. The molecule has 4 rings (SSSR count). The lowest BCUT2D eigenvalue weighted by atomic mass is 9.99. The molecule has 0 saturated carbocycles. The van der Waals surface area contributed by atoms with E-state index in [1.165, 1.54) is 5.39 Å². The SMILES string of the molecule is O=C(CCc1ccccc1)OC1C=Cc2ccc3ccccc3c21. The first kappa shape index (κ1) is 14.7. The Bertz CT molecular complexity index is 910. The average molecular weight is 314 g/mol. The quantitative estimate of drug-likeness (QED) is 0.627. The van der Waals surface area contributed by atoms with Crippen molar-refractivity contribution in [3.63, 3.8) is 0 Å². The summed E-state index contributed by atoms with van der Waals surface area (Å²) in [6.45, 7) is 0. The van der Waals surface area contributed by atoms with Crippen molar-refractivity contribution in [3.8, 4) is 0 Å². The van der Waals surface area contributed by atoms with Gasteiger partial charge in [0.15, 0.2) is 0 Å². The summed E-state index contributed by atoms with van der Waals surface area (Å²) in [6, 6.07) is 22.4. The third kappa shape index (κ3) is 2.83. The number of aryl methyl sites for hydroxylation is 1. The Labute approximate surface area is 141 Å². The molecule has 3 aromatic carbocycles. The van der Waals surface area contributed by atoms with E-state index in [1.54, 1.807) is 0 Å². The molecule has 2 nitrogen and oxygen atoms in total. The molecule has 0 fully saturated rings. The molecule has 1 unspecified atom stereocenters. The van der Waals surface area contributed by atoms with Crippen LogP contribution in [0, 0.1) is 0 Å². The molecule has 0 saturated heterocycles. The van der Waals surface area contributed by atoms with Crippen molar-refractivity contribution >= 4 is 22.8 Å². The van der Waals surface area contributed by atoms with Crippen LogP contribution in [-0.4, -0.2) is 5.97 Å². The Hall–Kier alpha value is -2.87. The molecule has 0 aromatic heterocycles. The van der Waals surface area contributed by atoms with Gasteiger partial charge in [-0.05, 0) is 34.4 Å². The van der Waals surface area contributed by atoms with Crippen LogP contribution >= 0.6 is 0 Å². The first-order valence-electron chi connectivity index (χ1n) is 8.24. The highest BCUT2D eigenvalue weighted by Gasteiger charge is 2.23. The van der Waals surface area contributed by atoms with Gasteiger partial charge in [0, 0.05) is 12.0 Å². The van der Waals surface area contributed by atoms with Crippen LogP contribution < -0.4 is 0 Å². The van der Waals surface area contributed by atoms with E-state index >= 15 is 0 Å². The molecule has 2 heteroatoms. The lowest BCUT2D eigenvalue weighted by molar-refractivity contribution is -0.147. The zero-order valence-electron chi connectivity index (χ0n) is 13.3. The number of esters is 1. The second-order valence-corrected chi connectivity index (χ2v) is 6.04. The van der Waals surface area contributed by atoms with Crippen molar-refractivity contribution < 1.29 is 9.53 Å². The maximum absolute atomic E-state index is 12.3. The zero-order chi connectivity index (χ0) is 16.4. The Kier molecular flexibility index (Phi) is 3.87. The van der Waals surface area contributed by atoms with E-state index in [9.17, 15) is 4.79 Å². The van der Waals surface area contributed by atoms with Crippen molar-refractivity contribution in [3.05, 3.63) is 89.5 Å². The molecule has 0 bridgehead atoms. The Morgan fingerprint density at radius 1 is 0.917 bits per heavy atom. The average Bonchev–Trinajstić information content (AvgIpc) is 3.04. The molecule has 0 aliphatic heterocycles. The summed E-state index contributed by atoms with van der Waals surface area (Å²) in [5.74, 6) is -0.158. The van der Waals surface area contributed by atoms with Gasteiger partial charge in [-0.15, -0.1) is 0 Å². The van der Waals surface area contributed by atoms with E-state index in [-0.39, 0.29) is 12.1 Å². The van der Waals surface area contributed by atoms with Gasteiger partial charge in [-0.2, -0.15) is 0 Å². The number of hydrogen-bond acceptors (Lipinski definition) is 2. The first-order valence-corrected chi connectivity index (χ1v) is 8.24. The van der Waals surface area contributed by atoms with E-state index in [0.29, 0.717) is 12.8 Å². The van der Waals surface area contributed by atoms with E-state index in [1.807, 2.05) is 54.6 Å². The fourth-order valence-electron chi connectivity index (χ4n) is 3.25. The Balaban J connectivity index is 1.50. The fourth-order valence-corrected chi connectivity index (χ4v) is 3.25. The molecule has 118 valence electrons. The van der Waals surface area contributed by atoms with Gasteiger partial charge in [-0.25, -0.2) is 0 Å². The monoisotopic (exact) mass is 314 g/mol. The number of carbonyl (C=O) groups is 1. The van der Waals surface area contributed by atoms with Gasteiger partial charge in [0.1, 0.15) is 6.10 Å². The molecule has 1 atom stereocenters. The summed E-state index contributed by atoms with van der Waals surface area (Å²) in [6.07, 6.45) is 4.83. The molecule has 24 heavy (non-hydrogen) atoms.